The summed E-state index contributed by atoms with van der Waals surface area (Å²) < 4.78 is 11.2. The number of amides is 1. The molecule has 0 bridgehead atoms. The molecule has 1 amide bonds. The number of thiophene rings is 1. The van der Waals surface area contributed by atoms with Gasteiger partial charge in [-0.1, -0.05) is 6.07 Å². The topological polar surface area (TPSA) is 60.5 Å². The number of hydrogen-bond acceptors (Lipinski definition) is 5. The second-order valence-corrected chi connectivity index (χ2v) is 6.85. The van der Waals surface area contributed by atoms with E-state index in [1.807, 2.05) is 55.6 Å². The Morgan fingerprint density at radius 3 is 2.69 bits per heavy atom. The summed E-state index contributed by atoms with van der Waals surface area (Å²) in [4.78, 5) is 17.1. The Bertz CT molecular complexity index is 921. The van der Waals surface area contributed by atoms with Gasteiger partial charge in [0.05, 0.1) is 12.0 Å². The summed E-state index contributed by atoms with van der Waals surface area (Å²) in [6.45, 7) is 4.32. The van der Waals surface area contributed by atoms with Crippen molar-refractivity contribution < 1.29 is 14.3 Å². The standard InChI is InChI=1S/C20H20N2O3S/c1-13-4-5-16(17(8-13)24-3)25-11-15-10-18(26-12-15)20(23)22-19-9-14(2)6-7-21-19/h4-10,12H,11H2,1-3H3,(H,21,22,23). The van der Waals surface area contributed by atoms with Crippen LogP contribution in [0, 0.1) is 13.8 Å². The van der Waals surface area contributed by atoms with E-state index < -0.39 is 0 Å². The van der Waals surface area contributed by atoms with Gasteiger partial charge in [0, 0.05) is 11.8 Å². The van der Waals surface area contributed by atoms with Crippen LogP contribution >= 0.6 is 11.3 Å². The van der Waals surface area contributed by atoms with E-state index in [1.54, 1.807) is 13.3 Å². The number of anilines is 1. The number of rotatable bonds is 6. The van der Waals surface area contributed by atoms with Crippen LogP contribution in [0.3, 0.4) is 0 Å². The van der Waals surface area contributed by atoms with E-state index in [-0.39, 0.29) is 5.91 Å². The molecule has 0 atom stereocenters. The molecule has 2 heterocycles. The predicted octanol–water partition coefficient (Wildman–Crippen LogP) is 4.60. The highest BCUT2D eigenvalue weighted by molar-refractivity contribution is 7.12. The zero-order valence-electron chi connectivity index (χ0n) is 14.9. The van der Waals surface area contributed by atoms with Crippen molar-refractivity contribution in [3.63, 3.8) is 0 Å². The number of methoxy groups -OCH3 is 1. The van der Waals surface area contributed by atoms with Gasteiger partial charge in [0.25, 0.3) is 5.91 Å². The number of nitrogens with one attached hydrogen (secondary N) is 1. The number of nitrogens with zero attached hydrogens (tertiary/aromatic N) is 1. The lowest BCUT2D eigenvalue weighted by Crippen LogP contribution is -2.11. The van der Waals surface area contributed by atoms with Crippen LogP contribution in [0.2, 0.25) is 0 Å². The van der Waals surface area contributed by atoms with E-state index in [9.17, 15) is 4.79 Å². The van der Waals surface area contributed by atoms with Gasteiger partial charge in [0.1, 0.15) is 12.4 Å². The minimum atomic E-state index is -0.174. The Hall–Kier alpha value is -2.86. The van der Waals surface area contributed by atoms with Crippen LogP contribution in [0.1, 0.15) is 26.4 Å². The minimum absolute atomic E-state index is 0.174. The van der Waals surface area contributed by atoms with Crippen molar-refractivity contribution in [2.75, 3.05) is 12.4 Å². The molecule has 134 valence electrons. The Kier molecular flexibility index (Phi) is 5.53. The predicted molar refractivity (Wildman–Crippen MR) is 103 cm³/mol. The first-order valence-electron chi connectivity index (χ1n) is 8.14. The number of carbonyl (C=O) groups excluding carboxylic acids is 1. The zero-order chi connectivity index (χ0) is 18.5. The van der Waals surface area contributed by atoms with E-state index in [4.69, 9.17) is 9.47 Å². The molecule has 0 saturated heterocycles. The van der Waals surface area contributed by atoms with E-state index in [0.717, 1.165) is 16.7 Å². The summed E-state index contributed by atoms with van der Waals surface area (Å²) in [6, 6.07) is 11.3. The third kappa shape index (κ3) is 4.40. The Morgan fingerprint density at radius 2 is 1.92 bits per heavy atom. The van der Waals surface area contributed by atoms with Crippen LogP contribution in [-0.2, 0) is 6.61 Å². The number of hydrogen-bond donors (Lipinski definition) is 1. The highest BCUT2D eigenvalue weighted by atomic mass is 32.1. The lowest BCUT2D eigenvalue weighted by Gasteiger charge is -2.10. The maximum Gasteiger partial charge on any atom is 0.266 e. The normalized spacial score (nSPS) is 10.4. The first-order chi connectivity index (χ1) is 12.5. The molecule has 3 aromatic rings. The first kappa shape index (κ1) is 17.9. The molecule has 1 N–H and O–H groups in total. The molecule has 6 heteroatoms. The number of aryl methyl sites for hydroxylation is 2. The van der Waals surface area contributed by atoms with Crippen molar-refractivity contribution in [2.24, 2.45) is 0 Å². The van der Waals surface area contributed by atoms with Crippen LogP contribution in [0.15, 0.2) is 48.0 Å². The molecule has 0 spiro atoms. The highest BCUT2D eigenvalue weighted by Gasteiger charge is 2.11. The van der Waals surface area contributed by atoms with Gasteiger partial charge < -0.3 is 14.8 Å². The van der Waals surface area contributed by atoms with Crippen LogP contribution < -0.4 is 14.8 Å². The van der Waals surface area contributed by atoms with E-state index in [1.165, 1.54) is 11.3 Å². The third-order valence-electron chi connectivity index (χ3n) is 3.75. The Balaban J connectivity index is 1.63. The molecule has 0 aliphatic heterocycles. The molecule has 5 nitrogen and oxygen atoms in total. The molecule has 1 aromatic carbocycles. The van der Waals surface area contributed by atoms with Crippen LogP contribution in [0.4, 0.5) is 5.82 Å². The minimum Gasteiger partial charge on any atom is -0.493 e. The summed E-state index contributed by atoms with van der Waals surface area (Å²) in [5.74, 6) is 1.75. The van der Waals surface area contributed by atoms with Gasteiger partial charge in [-0.25, -0.2) is 4.98 Å². The fraction of sp³-hybridized carbons (Fsp3) is 0.200. The number of aromatic nitrogens is 1. The fourth-order valence-corrected chi connectivity index (χ4v) is 3.20. The van der Waals surface area contributed by atoms with E-state index >= 15 is 0 Å². The van der Waals surface area contributed by atoms with Gasteiger partial charge in [-0.3, -0.25) is 4.79 Å². The molecule has 2 aromatic heterocycles. The lowest BCUT2D eigenvalue weighted by molar-refractivity contribution is 0.103. The molecular weight excluding hydrogens is 348 g/mol. The highest BCUT2D eigenvalue weighted by Crippen LogP contribution is 2.29. The smallest absolute Gasteiger partial charge is 0.266 e. The van der Waals surface area contributed by atoms with Crippen LogP contribution in [0.5, 0.6) is 11.5 Å². The number of benzene rings is 1. The van der Waals surface area contributed by atoms with E-state index in [0.29, 0.717) is 28.8 Å². The first-order valence-corrected chi connectivity index (χ1v) is 9.02. The average molecular weight is 368 g/mol. The van der Waals surface area contributed by atoms with Crippen molar-refractivity contribution >= 4 is 23.1 Å². The largest absolute Gasteiger partial charge is 0.493 e. The second kappa shape index (κ2) is 8.01. The van der Waals surface area contributed by atoms with Crippen molar-refractivity contribution in [3.05, 3.63) is 69.5 Å². The van der Waals surface area contributed by atoms with Gasteiger partial charge in [0.15, 0.2) is 11.5 Å². The van der Waals surface area contributed by atoms with Gasteiger partial charge in [-0.2, -0.15) is 0 Å². The zero-order valence-corrected chi connectivity index (χ0v) is 15.7. The number of ether oxygens (including phenoxy) is 2. The number of pyridine rings is 1. The third-order valence-corrected chi connectivity index (χ3v) is 4.73. The maximum atomic E-state index is 12.3. The lowest BCUT2D eigenvalue weighted by atomic mass is 10.2. The van der Waals surface area contributed by atoms with E-state index in [2.05, 4.69) is 10.3 Å². The molecule has 0 unspecified atom stereocenters. The van der Waals surface area contributed by atoms with Crippen molar-refractivity contribution in [1.82, 2.24) is 4.98 Å². The molecular formula is C20H20N2O3S. The fourth-order valence-electron chi connectivity index (χ4n) is 2.41. The maximum absolute atomic E-state index is 12.3. The Labute approximate surface area is 156 Å². The quantitative estimate of drug-likeness (QED) is 0.691. The molecule has 26 heavy (non-hydrogen) atoms. The molecule has 0 radical (unpaired) electrons. The van der Waals surface area contributed by atoms with Gasteiger partial charge in [-0.05, 0) is 60.7 Å². The summed E-state index contributed by atoms with van der Waals surface area (Å²) in [5, 5.41) is 4.73. The second-order valence-electron chi connectivity index (χ2n) is 5.93. The summed E-state index contributed by atoms with van der Waals surface area (Å²) in [7, 11) is 1.62. The SMILES string of the molecule is COc1cc(C)ccc1OCc1csc(C(=O)Nc2cc(C)ccn2)c1. The van der Waals surface area contributed by atoms with Gasteiger partial charge in [0.2, 0.25) is 0 Å². The van der Waals surface area contributed by atoms with Gasteiger partial charge >= 0.3 is 0 Å². The van der Waals surface area contributed by atoms with Crippen LogP contribution in [0.25, 0.3) is 0 Å². The summed E-state index contributed by atoms with van der Waals surface area (Å²) in [6.07, 6.45) is 1.67. The average Bonchev–Trinajstić information content (AvgIpc) is 3.09. The van der Waals surface area contributed by atoms with Crippen molar-refractivity contribution in [2.45, 2.75) is 20.5 Å². The molecule has 0 aliphatic carbocycles. The monoisotopic (exact) mass is 368 g/mol. The van der Waals surface area contributed by atoms with Crippen LogP contribution in [-0.4, -0.2) is 18.0 Å². The summed E-state index contributed by atoms with van der Waals surface area (Å²) in [5.41, 5.74) is 3.08. The van der Waals surface area contributed by atoms with Crippen molar-refractivity contribution in [1.29, 1.82) is 0 Å². The van der Waals surface area contributed by atoms with Crippen molar-refractivity contribution in [3.8, 4) is 11.5 Å². The Morgan fingerprint density at radius 1 is 1.12 bits per heavy atom. The molecule has 0 fully saturated rings. The molecule has 0 saturated carbocycles. The molecule has 0 aliphatic rings. The molecule has 3 rings (SSSR count). The van der Waals surface area contributed by atoms with Gasteiger partial charge in [-0.15, -0.1) is 11.3 Å². The number of carbonyl (C=O) groups is 1. The summed E-state index contributed by atoms with van der Waals surface area (Å²) >= 11 is 1.38.